The van der Waals surface area contributed by atoms with Gasteiger partial charge < -0.3 is 14.5 Å². The quantitative estimate of drug-likeness (QED) is 0.668. The van der Waals surface area contributed by atoms with Gasteiger partial charge in [-0.05, 0) is 23.8 Å². The number of benzene rings is 2. The smallest absolute Gasteiger partial charge is 0.244 e. The Morgan fingerprint density at radius 2 is 1.82 bits per heavy atom. The number of nitrogens with zero attached hydrogens (tertiary/aromatic N) is 1. The number of hydrogen-bond donors (Lipinski definition) is 1. The van der Waals surface area contributed by atoms with Gasteiger partial charge >= 0.3 is 0 Å². The van der Waals surface area contributed by atoms with Gasteiger partial charge in [0.25, 0.3) is 0 Å². The topological polar surface area (TPSA) is 54.7 Å². The lowest BCUT2D eigenvalue weighted by Crippen LogP contribution is -2.42. The van der Waals surface area contributed by atoms with Gasteiger partial charge in [-0.2, -0.15) is 0 Å². The molecule has 2 heterocycles. The van der Waals surface area contributed by atoms with Gasteiger partial charge in [-0.3, -0.25) is 9.69 Å². The molecular weight excluding hydrogens is 352 g/mol. The number of carbonyl (C=O) groups excluding carboxylic acids is 1. The van der Waals surface area contributed by atoms with Crippen LogP contribution in [-0.4, -0.2) is 43.7 Å². The molecule has 0 spiro atoms. The van der Waals surface area contributed by atoms with Crippen molar-refractivity contribution in [1.29, 1.82) is 0 Å². The molecule has 1 aliphatic heterocycles. The van der Waals surface area contributed by atoms with E-state index in [1.807, 2.05) is 60.7 Å². The van der Waals surface area contributed by atoms with Gasteiger partial charge in [0.05, 0.1) is 19.3 Å². The van der Waals surface area contributed by atoms with Crippen molar-refractivity contribution in [3.05, 3.63) is 78.1 Å². The van der Waals surface area contributed by atoms with Crippen LogP contribution in [0.3, 0.4) is 0 Å². The predicted molar refractivity (Wildman–Crippen MR) is 110 cm³/mol. The molecule has 1 aromatic heterocycles. The molecule has 4 rings (SSSR count). The van der Waals surface area contributed by atoms with Gasteiger partial charge in [-0.1, -0.05) is 48.5 Å². The third-order valence-electron chi connectivity index (χ3n) is 4.91. The molecule has 144 valence electrons. The van der Waals surface area contributed by atoms with E-state index in [0.717, 1.165) is 49.4 Å². The summed E-state index contributed by atoms with van der Waals surface area (Å²) in [7, 11) is 0. The summed E-state index contributed by atoms with van der Waals surface area (Å²) in [5.74, 6) is 0.531. The van der Waals surface area contributed by atoms with Crippen LogP contribution in [0.15, 0.2) is 71.2 Å². The van der Waals surface area contributed by atoms with E-state index < -0.39 is 0 Å². The number of fused-ring (bicyclic) bond motifs is 1. The van der Waals surface area contributed by atoms with Gasteiger partial charge in [0, 0.05) is 31.1 Å². The molecule has 1 amide bonds. The van der Waals surface area contributed by atoms with E-state index >= 15 is 0 Å². The maximum atomic E-state index is 12.6. The monoisotopic (exact) mass is 376 g/mol. The van der Waals surface area contributed by atoms with Crippen molar-refractivity contribution in [3.63, 3.8) is 0 Å². The number of nitrogens with one attached hydrogen (secondary N) is 1. The number of para-hydroxylation sites is 1. The lowest BCUT2D eigenvalue weighted by molar-refractivity contribution is -0.117. The molecule has 1 aliphatic rings. The van der Waals surface area contributed by atoms with Crippen LogP contribution in [0.25, 0.3) is 17.0 Å². The van der Waals surface area contributed by atoms with E-state index in [-0.39, 0.29) is 11.9 Å². The minimum atomic E-state index is -0.137. The minimum Gasteiger partial charge on any atom is -0.457 e. The molecule has 1 atom stereocenters. The van der Waals surface area contributed by atoms with Gasteiger partial charge in [0.2, 0.25) is 5.91 Å². The zero-order valence-corrected chi connectivity index (χ0v) is 15.7. The van der Waals surface area contributed by atoms with E-state index in [1.54, 1.807) is 6.08 Å². The van der Waals surface area contributed by atoms with Crippen molar-refractivity contribution >= 4 is 23.0 Å². The molecule has 0 aliphatic carbocycles. The number of furan rings is 1. The third kappa shape index (κ3) is 4.68. The van der Waals surface area contributed by atoms with Crippen molar-refractivity contribution < 1.29 is 13.9 Å². The predicted octanol–water partition coefficient (Wildman–Crippen LogP) is 3.64. The molecule has 1 fully saturated rings. The Morgan fingerprint density at radius 1 is 1.07 bits per heavy atom. The van der Waals surface area contributed by atoms with Crippen LogP contribution < -0.4 is 5.32 Å². The summed E-state index contributed by atoms with van der Waals surface area (Å²) in [6.07, 6.45) is 3.25. The summed E-state index contributed by atoms with van der Waals surface area (Å²) in [6, 6.07) is 19.7. The zero-order valence-electron chi connectivity index (χ0n) is 15.7. The average molecular weight is 376 g/mol. The van der Waals surface area contributed by atoms with Crippen LogP contribution in [0.5, 0.6) is 0 Å². The Hall–Kier alpha value is -2.89. The molecule has 1 N–H and O–H groups in total. The highest BCUT2D eigenvalue weighted by atomic mass is 16.5. The number of hydrogen-bond acceptors (Lipinski definition) is 4. The first kappa shape index (κ1) is 18.5. The average Bonchev–Trinajstić information content (AvgIpc) is 3.16. The molecule has 0 saturated carbocycles. The van der Waals surface area contributed by atoms with Crippen molar-refractivity contribution in [3.8, 4) is 0 Å². The van der Waals surface area contributed by atoms with E-state index in [4.69, 9.17) is 9.15 Å². The molecule has 3 aromatic rings. The molecule has 0 bridgehead atoms. The van der Waals surface area contributed by atoms with E-state index in [1.165, 1.54) is 6.08 Å². The molecule has 0 radical (unpaired) electrons. The summed E-state index contributed by atoms with van der Waals surface area (Å²) in [6.45, 7) is 4.00. The Bertz CT molecular complexity index is 910. The fourth-order valence-corrected chi connectivity index (χ4v) is 3.42. The lowest BCUT2D eigenvalue weighted by atomic mass is 10.1. The third-order valence-corrected chi connectivity index (χ3v) is 4.91. The Morgan fingerprint density at radius 3 is 2.61 bits per heavy atom. The highest BCUT2D eigenvalue weighted by Crippen LogP contribution is 2.20. The maximum Gasteiger partial charge on any atom is 0.244 e. The van der Waals surface area contributed by atoms with Crippen molar-refractivity contribution in [2.45, 2.75) is 6.04 Å². The fourth-order valence-electron chi connectivity index (χ4n) is 3.42. The Balaban J connectivity index is 1.44. The second-order valence-electron chi connectivity index (χ2n) is 6.90. The molecular formula is C23H24N2O3. The van der Waals surface area contributed by atoms with Crippen LogP contribution in [-0.2, 0) is 9.53 Å². The van der Waals surface area contributed by atoms with Crippen LogP contribution in [0.4, 0.5) is 0 Å². The minimum absolute atomic E-state index is 0.0767. The number of carbonyl (C=O) groups is 1. The first-order valence-corrected chi connectivity index (χ1v) is 9.60. The van der Waals surface area contributed by atoms with Gasteiger partial charge in [0.1, 0.15) is 11.3 Å². The standard InChI is InChI=1S/C23H24N2O3/c26-23(11-10-20-16-19-8-4-5-9-22(19)28-20)24-21(18-6-2-1-3-7-18)17-25-12-14-27-15-13-25/h1-11,16,21H,12-15,17H2,(H,24,26)/b11-10+. The van der Waals surface area contributed by atoms with Gasteiger partial charge in [0.15, 0.2) is 0 Å². The summed E-state index contributed by atoms with van der Waals surface area (Å²) < 4.78 is 11.2. The summed E-state index contributed by atoms with van der Waals surface area (Å²) >= 11 is 0. The lowest BCUT2D eigenvalue weighted by Gasteiger charge is -2.30. The van der Waals surface area contributed by atoms with Crippen LogP contribution in [0.2, 0.25) is 0 Å². The number of morpholine rings is 1. The molecule has 1 saturated heterocycles. The zero-order chi connectivity index (χ0) is 19.2. The molecule has 2 aromatic carbocycles. The summed E-state index contributed by atoms with van der Waals surface area (Å²) in [5.41, 5.74) is 1.91. The first-order chi connectivity index (χ1) is 13.8. The van der Waals surface area contributed by atoms with Crippen LogP contribution in [0, 0.1) is 0 Å². The maximum absolute atomic E-state index is 12.6. The summed E-state index contributed by atoms with van der Waals surface area (Å²) in [5, 5.41) is 4.16. The molecule has 5 nitrogen and oxygen atoms in total. The number of rotatable bonds is 6. The van der Waals surface area contributed by atoms with Crippen LogP contribution in [0.1, 0.15) is 17.4 Å². The van der Waals surface area contributed by atoms with Crippen LogP contribution >= 0.6 is 0 Å². The van der Waals surface area contributed by atoms with E-state index in [0.29, 0.717) is 5.76 Å². The normalized spacial score (nSPS) is 16.4. The second kappa shape index (κ2) is 8.87. The van der Waals surface area contributed by atoms with Gasteiger partial charge in [-0.15, -0.1) is 0 Å². The van der Waals surface area contributed by atoms with E-state index in [9.17, 15) is 4.79 Å². The molecule has 5 heteroatoms. The molecule has 1 unspecified atom stereocenters. The highest BCUT2D eigenvalue weighted by molar-refractivity contribution is 5.92. The highest BCUT2D eigenvalue weighted by Gasteiger charge is 2.19. The van der Waals surface area contributed by atoms with Crippen molar-refractivity contribution in [2.24, 2.45) is 0 Å². The number of amides is 1. The van der Waals surface area contributed by atoms with Gasteiger partial charge in [-0.25, -0.2) is 0 Å². The van der Waals surface area contributed by atoms with Crippen molar-refractivity contribution in [1.82, 2.24) is 10.2 Å². The fraction of sp³-hybridized carbons (Fsp3) is 0.261. The van der Waals surface area contributed by atoms with E-state index in [2.05, 4.69) is 10.2 Å². The molecule has 28 heavy (non-hydrogen) atoms. The number of ether oxygens (including phenoxy) is 1. The van der Waals surface area contributed by atoms with Crippen molar-refractivity contribution in [2.75, 3.05) is 32.8 Å². The second-order valence-corrected chi connectivity index (χ2v) is 6.90. The Labute approximate surface area is 164 Å². The largest absolute Gasteiger partial charge is 0.457 e. The first-order valence-electron chi connectivity index (χ1n) is 9.60. The summed E-state index contributed by atoms with van der Waals surface area (Å²) in [4.78, 5) is 14.9. The SMILES string of the molecule is O=C(/C=C/c1cc2ccccc2o1)NC(CN1CCOCC1)c1ccccc1. The Kier molecular flexibility index (Phi) is 5.85.